The third-order valence-corrected chi connectivity index (χ3v) is 4.95. The molecular formula is C19H25N3O2. The van der Waals surface area contributed by atoms with E-state index in [4.69, 9.17) is 4.74 Å². The molecule has 1 atom stereocenters. The molecule has 5 nitrogen and oxygen atoms in total. The van der Waals surface area contributed by atoms with Crippen LogP contribution in [0.4, 0.5) is 5.69 Å². The Hall–Kier alpha value is -2.14. The van der Waals surface area contributed by atoms with Crippen molar-refractivity contribution in [3.05, 3.63) is 42.0 Å². The van der Waals surface area contributed by atoms with Gasteiger partial charge in [0.05, 0.1) is 18.6 Å². The number of hydrogen-bond acceptors (Lipinski definition) is 3. The lowest BCUT2D eigenvalue weighted by Gasteiger charge is -2.37. The van der Waals surface area contributed by atoms with Crippen molar-refractivity contribution in [2.45, 2.75) is 34.1 Å². The van der Waals surface area contributed by atoms with E-state index in [-0.39, 0.29) is 17.2 Å². The summed E-state index contributed by atoms with van der Waals surface area (Å²) in [6, 6.07) is 7.88. The van der Waals surface area contributed by atoms with Gasteiger partial charge < -0.3 is 14.6 Å². The minimum absolute atomic E-state index is 0.0236. The molecule has 1 fully saturated rings. The molecule has 5 heteroatoms. The molecule has 1 aliphatic heterocycles. The average Bonchev–Trinajstić information content (AvgIpc) is 2.87. The summed E-state index contributed by atoms with van der Waals surface area (Å²) in [5.74, 6) is 0.0511. The topological polar surface area (TPSA) is 56.2 Å². The fourth-order valence-corrected chi connectivity index (χ4v) is 3.21. The Kier molecular flexibility index (Phi) is 4.45. The second kappa shape index (κ2) is 6.40. The van der Waals surface area contributed by atoms with Gasteiger partial charge in [0.25, 0.3) is 0 Å². The predicted molar refractivity (Wildman–Crippen MR) is 94.4 cm³/mol. The second-order valence-electron chi connectivity index (χ2n) is 7.20. The Labute approximate surface area is 143 Å². The molecule has 3 rings (SSSR count). The molecule has 0 radical (unpaired) electrons. The number of ether oxygens (including phenoxy) is 1. The number of aryl methyl sites for hydroxylation is 1. The highest BCUT2D eigenvalue weighted by Gasteiger charge is 2.38. The molecule has 2 heterocycles. The summed E-state index contributed by atoms with van der Waals surface area (Å²) in [7, 11) is 0. The monoisotopic (exact) mass is 327 g/mol. The van der Waals surface area contributed by atoms with E-state index in [2.05, 4.69) is 24.1 Å². The predicted octanol–water partition coefficient (Wildman–Crippen LogP) is 3.49. The third-order valence-electron chi connectivity index (χ3n) is 4.95. The van der Waals surface area contributed by atoms with E-state index >= 15 is 0 Å². The van der Waals surface area contributed by atoms with Crippen LogP contribution in [0.3, 0.4) is 0 Å². The Bertz CT molecular complexity index is 732. The van der Waals surface area contributed by atoms with Crippen LogP contribution in [0.5, 0.6) is 0 Å². The van der Waals surface area contributed by atoms with E-state index in [0.717, 1.165) is 29.2 Å². The van der Waals surface area contributed by atoms with E-state index in [9.17, 15) is 4.79 Å². The quantitative estimate of drug-likeness (QED) is 0.939. The number of benzene rings is 1. The van der Waals surface area contributed by atoms with Gasteiger partial charge in [0.15, 0.2) is 0 Å². The molecule has 0 aliphatic carbocycles. The van der Waals surface area contributed by atoms with Crippen molar-refractivity contribution in [3.8, 4) is 5.69 Å². The molecular weight excluding hydrogens is 302 g/mol. The van der Waals surface area contributed by atoms with Crippen molar-refractivity contribution in [1.29, 1.82) is 0 Å². The maximum Gasteiger partial charge on any atom is 0.228 e. The number of rotatable bonds is 3. The Morgan fingerprint density at radius 2 is 2.00 bits per heavy atom. The zero-order chi connectivity index (χ0) is 17.3. The normalized spacial score (nSPS) is 19.9. The zero-order valence-corrected chi connectivity index (χ0v) is 14.8. The largest absolute Gasteiger partial charge is 0.381 e. The van der Waals surface area contributed by atoms with Crippen LogP contribution in [0.1, 0.15) is 31.7 Å². The van der Waals surface area contributed by atoms with E-state index in [1.54, 1.807) is 0 Å². The summed E-state index contributed by atoms with van der Waals surface area (Å²) in [6.45, 7) is 9.50. The van der Waals surface area contributed by atoms with Crippen molar-refractivity contribution in [1.82, 2.24) is 9.55 Å². The lowest BCUT2D eigenvalue weighted by molar-refractivity contribution is -0.130. The van der Waals surface area contributed by atoms with E-state index < -0.39 is 0 Å². The maximum absolute atomic E-state index is 12.6. The van der Waals surface area contributed by atoms with Gasteiger partial charge in [0.2, 0.25) is 5.91 Å². The summed E-state index contributed by atoms with van der Waals surface area (Å²) >= 11 is 0. The van der Waals surface area contributed by atoms with Crippen LogP contribution in [-0.4, -0.2) is 28.7 Å². The van der Waals surface area contributed by atoms with Crippen LogP contribution < -0.4 is 5.32 Å². The lowest BCUT2D eigenvalue weighted by Crippen LogP contribution is -2.42. The van der Waals surface area contributed by atoms with Crippen molar-refractivity contribution in [3.63, 3.8) is 0 Å². The lowest BCUT2D eigenvalue weighted by atomic mass is 9.75. The first-order chi connectivity index (χ1) is 11.4. The molecule has 24 heavy (non-hydrogen) atoms. The molecule has 1 unspecified atom stereocenters. The maximum atomic E-state index is 12.6. The summed E-state index contributed by atoms with van der Waals surface area (Å²) in [6.07, 6.45) is 2.59. The van der Waals surface area contributed by atoms with Crippen LogP contribution >= 0.6 is 0 Å². The van der Waals surface area contributed by atoms with Crippen molar-refractivity contribution >= 4 is 11.6 Å². The summed E-state index contributed by atoms with van der Waals surface area (Å²) < 4.78 is 7.55. The number of carbonyl (C=O) groups is 1. The van der Waals surface area contributed by atoms with Crippen LogP contribution in [0.15, 0.2) is 30.6 Å². The molecule has 0 saturated carbocycles. The highest BCUT2D eigenvalue weighted by atomic mass is 16.5. The Morgan fingerprint density at radius 1 is 1.29 bits per heavy atom. The minimum Gasteiger partial charge on any atom is -0.381 e. The van der Waals surface area contributed by atoms with Crippen LogP contribution in [0.2, 0.25) is 0 Å². The Balaban J connectivity index is 1.72. The molecule has 1 amide bonds. The highest BCUT2D eigenvalue weighted by Crippen LogP contribution is 2.34. The molecule has 0 spiro atoms. The van der Waals surface area contributed by atoms with Crippen molar-refractivity contribution < 1.29 is 9.53 Å². The molecule has 1 aliphatic rings. The fourth-order valence-electron chi connectivity index (χ4n) is 3.21. The number of aromatic nitrogens is 2. The fraction of sp³-hybridized carbons (Fsp3) is 0.474. The summed E-state index contributed by atoms with van der Waals surface area (Å²) in [5.41, 5.74) is 3.87. The van der Waals surface area contributed by atoms with Gasteiger partial charge in [-0.15, -0.1) is 0 Å². The van der Waals surface area contributed by atoms with Crippen LogP contribution in [-0.2, 0) is 9.53 Å². The second-order valence-corrected chi connectivity index (χ2v) is 7.20. The van der Waals surface area contributed by atoms with Crippen molar-refractivity contribution in [2.75, 3.05) is 18.5 Å². The number of anilines is 1. The smallest absolute Gasteiger partial charge is 0.228 e. The number of hydrogen-bond donors (Lipinski definition) is 1. The number of amides is 1. The first-order valence-corrected chi connectivity index (χ1v) is 8.38. The van der Waals surface area contributed by atoms with E-state index in [0.29, 0.717) is 13.2 Å². The van der Waals surface area contributed by atoms with Crippen LogP contribution in [0, 0.1) is 25.2 Å². The highest BCUT2D eigenvalue weighted by molar-refractivity contribution is 5.93. The van der Waals surface area contributed by atoms with Gasteiger partial charge in [0, 0.05) is 29.6 Å². The van der Waals surface area contributed by atoms with Gasteiger partial charge in [-0.05, 0) is 49.9 Å². The molecule has 1 aromatic carbocycles. The van der Waals surface area contributed by atoms with E-state index in [1.165, 1.54) is 0 Å². The van der Waals surface area contributed by atoms with Gasteiger partial charge in [-0.3, -0.25) is 4.79 Å². The molecule has 0 bridgehead atoms. The SMILES string of the molecule is Cc1ncn(-c2ccc(NC(=O)C3CCOCC3(C)C)cc2)c1C. The minimum atomic E-state index is -0.131. The number of imidazole rings is 1. The van der Waals surface area contributed by atoms with Gasteiger partial charge >= 0.3 is 0 Å². The van der Waals surface area contributed by atoms with Gasteiger partial charge in [0.1, 0.15) is 0 Å². The Morgan fingerprint density at radius 3 is 2.58 bits per heavy atom. The average molecular weight is 327 g/mol. The molecule has 2 aromatic rings. The molecule has 1 N–H and O–H groups in total. The van der Waals surface area contributed by atoms with Gasteiger partial charge in [-0.2, -0.15) is 0 Å². The van der Waals surface area contributed by atoms with Crippen LogP contribution in [0.25, 0.3) is 5.69 Å². The van der Waals surface area contributed by atoms with Gasteiger partial charge in [-0.1, -0.05) is 13.8 Å². The van der Waals surface area contributed by atoms with Crippen molar-refractivity contribution in [2.24, 2.45) is 11.3 Å². The van der Waals surface area contributed by atoms with Gasteiger partial charge in [-0.25, -0.2) is 4.98 Å². The molecule has 128 valence electrons. The zero-order valence-electron chi connectivity index (χ0n) is 14.8. The summed E-state index contributed by atoms with van der Waals surface area (Å²) in [5, 5.41) is 3.05. The number of carbonyl (C=O) groups excluding carboxylic acids is 1. The first kappa shape index (κ1) is 16.7. The number of nitrogens with zero attached hydrogens (tertiary/aromatic N) is 2. The molecule has 1 saturated heterocycles. The number of nitrogens with one attached hydrogen (secondary N) is 1. The van der Waals surface area contributed by atoms with E-state index in [1.807, 2.05) is 49.0 Å². The first-order valence-electron chi connectivity index (χ1n) is 8.38. The molecule has 1 aromatic heterocycles. The standard InChI is InChI=1S/C19H25N3O2/c1-13-14(2)22(12-20-13)16-7-5-15(6-8-16)21-18(23)17-9-10-24-11-19(17,3)4/h5-8,12,17H,9-11H2,1-4H3,(H,21,23). The summed E-state index contributed by atoms with van der Waals surface area (Å²) in [4.78, 5) is 16.9. The third kappa shape index (κ3) is 3.22.